The zero-order valence-electron chi connectivity index (χ0n) is 19.1. The molecule has 0 bridgehead atoms. The van der Waals surface area contributed by atoms with E-state index >= 15 is 0 Å². The van der Waals surface area contributed by atoms with E-state index in [0.717, 1.165) is 47.2 Å². The maximum Gasteiger partial charge on any atom is 0.343 e. The van der Waals surface area contributed by atoms with Gasteiger partial charge in [-0.15, -0.1) is 0 Å². The molecule has 0 amide bonds. The number of carbonyl (C=O) groups is 2. The number of thioether (sulfide) groups is 1. The fourth-order valence-electron chi connectivity index (χ4n) is 3.07. The molecule has 0 heterocycles. The molecule has 0 saturated heterocycles. The molecular formula is C27H25NO5S. The maximum atomic E-state index is 12.4. The fourth-order valence-corrected chi connectivity index (χ4v) is 3.52. The van der Waals surface area contributed by atoms with Crippen molar-refractivity contribution in [3.8, 4) is 22.6 Å². The molecule has 0 atom stereocenters. The molecule has 3 aromatic rings. The summed E-state index contributed by atoms with van der Waals surface area (Å²) in [4.78, 5) is 25.7. The number of benzene rings is 3. The molecule has 7 heteroatoms. The number of ether oxygens (including phenoxy) is 3. The Morgan fingerprint density at radius 2 is 1.38 bits per heavy atom. The Labute approximate surface area is 203 Å². The van der Waals surface area contributed by atoms with Crippen molar-refractivity contribution < 1.29 is 23.8 Å². The molecule has 0 unspecified atom stereocenters. The molecule has 0 fully saturated rings. The quantitative estimate of drug-likeness (QED) is 0.108. The van der Waals surface area contributed by atoms with E-state index in [1.165, 1.54) is 24.3 Å². The van der Waals surface area contributed by atoms with Gasteiger partial charge in [0, 0.05) is 4.90 Å². The summed E-state index contributed by atoms with van der Waals surface area (Å²) in [5.74, 6) is 0.438. The van der Waals surface area contributed by atoms with Crippen LogP contribution < -0.4 is 14.2 Å². The lowest BCUT2D eigenvalue weighted by Crippen LogP contribution is -2.11. The second kappa shape index (κ2) is 12.5. The highest BCUT2D eigenvalue weighted by Crippen LogP contribution is 2.26. The van der Waals surface area contributed by atoms with E-state index in [2.05, 4.69) is 6.92 Å². The van der Waals surface area contributed by atoms with Crippen LogP contribution in [0.25, 0.3) is 0 Å². The van der Waals surface area contributed by atoms with E-state index in [0.29, 0.717) is 29.2 Å². The number of hydrogen-bond acceptors (Lipinski definition) is 7. The molecule has 3 rings (SSSR count). The normalized spacial score (nSPS) is 10.3. The predicted octanol–water partition coefficient (Wildman–Crippen LogP) is 6.58. The summed E-state index contributed by atoms with van der Waals surface area (Å²) in [6.07, 6.45) is 3.27. The molecule has 174 valence electrons. The van der Waals surface area contributed by atoms with Gasteiger partial charge in [-0.05, 0) is 97.4 Å². The highest BCUT2D eigenvalue weighted by atomic mass is 32.2. The van der Waals surface area contributed by atoms with E-state index < -0.39 is 11.9 Å². The molecule has 0 saturated carbocycles. The summed E-state index contributed by atoms with van der Waals surface area (Å²) in [6, 6.07) is 18.0. The van der Waals surface area contributed by atoms with Gasteiger partial charge in [0.1, 0.15) is 22.6 Å². The van der Waals surface area contributed by atoms with Crippen LogP contribution in [0.15, 0.2) is 71.6 Å². The van der Waals surface area contributed by atoms with Gasteiger partial charge in [0.15, 0.2) is 0 Å². The topological polar surface area (TPSA) is 85.6 Å². The average molecular weight is 476 g/mol. The molecule has 34 heavy (non-hydrogen) atoms. The van der Waals surface area contributed by atoms with Crippen LogP contribution in [0.4, 0.5) is 0 Å². The SMILES string of the molecule is CCCCCOc1ccc(OC(=O)c2ccc(C(=O)Oc3ccc(SC#N)c(C)c3)cc2)cc1. The lowest BCUT2D eigenvalue weighted by molar-refractivity contribution is 0.0720. The summed E-state index contributed by atoms with van der Waals surface area (Å²) in [6.45, 7) is 4.64. The van der Waals surface area contributed by atoms with Gasteiger partial charge < -0.3 is 14.2 Å². The highest BCUT2D eigenvalue weighted by molar-refractivity contribution is 8.03. The van der Waals surface area contributed by atoms with Crippen LogP contribution in [0, 0.1) is 17.6 Å². The predicted molar refractivity (Wildman–Crippen MR) is 130 cm³/mol. The number of esters is 2. The third kappa shape index (κ3) is 7.12. The van der Waals surface area contributed by atoms with Crippen LogP contribution in [0.5, 0.6) is 17.2 Å². The highest BCUT2D eigenvalue weighted by Gasteiger charge is 2.13. The lowest BCUT2D eigenvalue weighted by Gasteiger charge is -2.09. The second-order valence-corrected chi connectivity index (χ2v) is 8.33. The Balaban J connectivity index is 1.55. The smallest absolute Gasteiger partial charge is 0.343 e. The van der Waals surface area contributed by atoms with E-state index in [1.54, 1.807) is 42.5 Å². The molecule has 0 aromatic heterocycles. The standard InChI is InChI=1S/C27H25NO5S/c1-3-4-5-16-31-22-10-12-23(13-11-22)32-26(29)20-6-8-21(9-7-20)27(30)33-24-14-15-25(34-18-28)19(2)17-24/h6-15,17H,3-5,16H2,1-2H3. The number of rotatable bonds is 10. The second-order valence-electron chi connectivity index (χ2n) is 7.50. The Hall–Kier alpha value is -3.76. The van der Waals surface area contributed by atoms with Crippen molar-refractivity contribution in [1.82, 2.24) is 0 Å². The van der Waals surface area contributed by atoms with Crippen LogP contribution in [-0.4, -0.2) is 18.5 Å². The Morgan fingerprint density at radius 3 is 1.94 bits per heavy atom. The Bertz CT molecular complexity index is 1170. The van der Waals surface area contributed by atoms with E-state index in [-0.39, 0.29) is 0 Å². The summed E-state index contributed by atoms with van der Waals surface area (Å²) in [5.41, 5.74) is 1.45. The number of aryl methyl sites for hydroxylation is 1. The first kappa shape index (κ1) is 24.9. The molecular weight excluding hydrogens is 450 g/mol. The summed E-state index contributed by atoms with van der Waals surface area (Å²) in [7, 11) is 0. The van der Waals surface area contributed by atoms with Gasteiger partial charge in [0.2, 0.25) is 0 Å². The van der Waals surface area contributed by atoms with Crippen molar-refractivity contribution in [2.45, 2.75) is 38.0 Å². The fraction of sp³-hybridized carbons (Fsp3) is 0.222. The van der Waals surface area contributed by atoms with Crippen molar-refractivity contribution in [2.75, 3.05) is 6.61 Å². The minimum atomic E-state index is -0.547. The number of carbonyl (C=O) groups excluding carboxylic acids is 2. The third-order valence-corrected chi connectivity index (χ3v) is 5.69. The largest absolute Gasteiger partial charge is 0.494 e. The van der Waals surface area contributed by atoms with Gasteiger partial charge in [0.05, 0.1) is 17.7 Å². The molecule has 0 aliphatic heterocycles. The van der Waals surface area contributed by atoms with Gasteiger partial charge in [0.25, 0.3) is 0 Å². The number of unbranched alkanes of at least 4 members (excludes halogenated alkanes) is 2. The Morgan fingerprint density at radius 1 is 0.824 bits per heavy atom. The van der Waals surface area contributed by atoms with Crippen LogP contribution in [0.2, 0.25) is 0 Å². The summed E-state index contributed by atoms with van der Waals surface area (Å²) in [5, 5.41) is 10.8. The molecule has 6 nitrogen and oxygen atoms in total. The van der Waals surface area contributed by atoms with Gasteiger partial charge in [-0.3, -0.25) is 0 Å². The number of nitrogens with zero attached hydrogens (tertiary/aromatic N) is 1. The first-order valence-electron chi connectivity index (χ1n) is 10.9. The van der Waals surface area contributed by atoms with E-state index in [9.17, 15) is 9.59 Å². The average Bonchev–Trinajstić information content (AvgIpc) is 2.84. The molecule has 0 spiro atoms. The van der Waals surface area contributed by atoms with Gasteiger partial charge >= 0.3 is 11.9 Å². The first-order chi connectivity index (χ1) is 16.5. The Kier molecular flexibility index (Phi) is 9.12. The van der Waals surface area contributed by atoms with Gasteiger partial charge in [-0.25, -0.2) is 9.59 Å². The molecule has 0 radical (unpaired) electrons. The van der Waals surface area contributed by atoms with Crippen molar-refractivity contribution in [2.24, 2.45) is 0 Å². The summed E-state index contributed by atoms with van der Waals surface area (Å²) < 4.78 is 16.5. The van der Waals surface area contributed by atoms with E-state index in [1.807, 2.05) is 12.3 Å². The molecule has 0 aliphatic rings. The number of hydrogen-bond donors (Lipinski definition) is 0. The maximum absolute atomic E-state index is 12.4. The van der Waals surface area contributed by atoms with Crippen molar-refractivity contribution in [1.29, 1.82) is 5.26 Å². The van der Waals surface area contributed by atoms with Crippen LogP contribution in [-0.2, 0) is 0 Å². The first-order valence-corrected chi connectivity index (χ1v) is 11.8. The lowest BCUT2D eigenvalue weighted by atomic mass is 10.1. The van der Waals surface area contributed by atoms with Crippen LogP contribution in [0.1, 0.15) is 52.5 Å². The number of nitriles is 1. The third-order valence-electron chi connectivity index (χ3n) is 4.92. The van der Waals surface area contributed by atoms with E-state index in [4.69, 9.17) is 19.5 Å². The van der Waals surface area contributed by atoms with Gasteiger partial charge in [-0.2, -0.15) is 5.26 Å². The minimum absolute atomic E-state index is 0.300. The zero-order chi connectivity index (χ0) is 24.3. The monoisotopic (exact) mass is 475 g/mol. The van der Waals surface area contributed by atoms with Gasteiger partial charge in [-0.1, -0.05) is 19.8 Å². The minimum Gasteiger partial charge on any atom is -0.494 e. The molecule has 3 aromatic carbocycles. The molecule has 0 aliphatic carbocycles. The van der Waals surface area contributed by atoms with Crippen LogP contribution >= 0.6 is 11.8 Å². The van der Waals surface area contributed by atoms with Crippen LogP contribution in [0.3, 0.4) is 0 Å². The summed E-state index contributed by atoms with van der Waals surface area (Å²) >= 11 is 1.05. The zero-order valence-corrected chi connectivity index (χ0v) is 19.9. The van der Waals surface area contributed by atoms with Crippen molar-refractivity contribution >= 4 is 23.7 Å². The number of thiocyanates is 1. The van der Waals surface area contributed by atoms with Crippen molar-refractivity contribution in [3.05, 3.63) is 83.4 Å². The van der Waals surface area contributed by atoms with Crippen molar-refractivity contribution in [3.63, 3.8) is 0 Å². The molecule has 0 N–H and O–H groups in total.